The smallest absolute Gasteiger partial charge is 0.236 e. The molecule has 0 bridgehead atoms. The van der Waals surface area contributed by atoms with Crippen molar-refractivity contribution in [3.63, 3.8) is 0 Å². The van der Waals surface area contributed by atoms with Gasteiger partial charge in [0.25, 0.3) is 0 Å². The summed E-state index contributed by atoms with van der Waals surface area (Å²) in [6, 6.07) is 9.96. The molecule has 0 unspecified atom stereocenters. The third kappa shape index (κ3) is 4.78. The quantitative estimate of drug-likeness (QED) is 0.633. The van der Waals surface area contributed by atoms with Gasteiger partial charge in [0.15, 0.2) is 0 Å². The summed E-state index contributed by atoms with van der Waals surface area (Å²) in [6.07, 6.45) is 8.96. The molecule has 3 aromatic rings. The number of hydrogen-bond donors (Lipinski definition) is 0. The van der Waals surface area contributed by atoms with Gasteiger partial charge in [-0.05, 0) is 12.1 Å². The number of hydrogen-bond acceptors (Lipinski definition) is 6. The molecule has 8 nitrogen and oxygen atoms in total. The SMILES string of the molecule is CN(Cc1cnn(-c2ccccc2)c1)C(=O)CN1CCN(c2cnccn2)CC1. The lowest BCUT2D eigenvalue weighted by atomic mass is 10.3. The van der Waals surface area contributed by atoms with Gasteiger partial charge in [-0.3, -0.25) is 14.7 Å². The zero-order valence-corrected chi connectivity index (χ0v) is 16.6. The minimum atomic E-state index is 0.116. The predicted molar refractivity (Wildman–Crippen MR) is 111 cm³/mol. The Hall–Kier alpha value is -3.26. The van der Waals surface area contributed by atoms with Crippen molar-refractivity contribution in [2.75, 3.05) is 44.7 Å². The molecule has 4 rings (SSSR count). The number of nitrogens with zero attached hydrogens (tertiary/aromatic N) is 7. The monoisotopic (exact) mass is 391 g/mol. The molecule has 0 saturated carbocycles. The average molecular weight is 391 g/mol. The Labute approximate surface area is 170 Å². The number of rotatable bonds is 6. The van der Waals surface area contributed by atoms with Crippen LogP contribution in [0.5, 0.6) is 0 Å². The number of aromatic nitrogens is 4. The third-order valence-electron chi connectivity index (χ3n) is 5.11. The number of amides is 1. The minimum absolute atomic E-state index is 0.116. The zero-order valence-electron chi connectivity index (χ0n) is 16.6. The van der Waals surface area contributed by atoms with E-state index in [-0.39, 0.29) is 5.91 Å². The van der Waals surface area contributed by atoms with Crippen LogP contribution in [0.1, 0.15) is 5.56 Å². The van der Waals surface area contributed by atoms with Gasteiger partial charge in [-0.25, -0.2) is 9.67 Å². The molecule has 1 aliphatic heterocycles. The van der Waals surface area contributed by atoms with Crippen LogP contribution in [-0.2, 0) is 11.3 Å². The van der Waals surface area contributed by atoms with Crippen molar-refractivity contribution in [3.8, 4) is 5.69 Å². The van der Waals surface area contributed by atoms with E-state index in [1.807, 2.05) is 54.5 Å². The summed E-state index contributed by atoms with van der Waals surface area (Å²) in [5, 5.41) is 4.40. The Balaban J connectivity index is 1.27. The van der Waals surface area contributed by atoms with Crippen LogP contribution >= 0.6 is 0 Å². The average Bonchev–Trinajstić information content (AvgIpc) is 3.24. The van der Waals surface area contributed by atoms with E-state index >= 15 is 0 Å². The fourth-order valence-electron chi connectivity index (χ4n) is 3.43. The summed E-state index contributed by atoms with van der Waals surface area (Å²) < 4.78 is 1.83. The number of para-hydroxylation sites is 1. The van der Waals surface area contributed by atoms with Crippen molar-refractivity contribution in [1.82, 2.24) is 29.5 Å². The van der Waals surface area contributed by atoms with E-state index in [4.69, 9.17) is 0 Å². The van der Waals surface area contributed by atoms with Crippen molar-refractivity contribution < 1.29 is 4.79 Å². The van der Waals surface area contributed by atoms with Crippen molar-refractivity contribution in [1.29, 1.82) is 0 Å². The van der Waals surface area contributed by atoms with Crippen LogP contribution < -0.4 is 4.90 Å². The lowest BCUT2D eigenvalue weighted by Crippen LogP contribution is -2.49. The van der Waals surface area contributed by atoms with Crippen molar-refractivity contribution in [2.45, 2.75) is 6.54 Å². The van der Waals surface area contributed by atoms with Crippen molar-refractivity contribution in [3.05, 3.63) is 66.9 Å². The van der Waals surface area contributed by atoms with Gasteiger partial charge in [-0.15, -0.1) is 0 Å². The Morgan fingerprint density at radius 3 is 2.59 bits per heavy atom. The molecular formula is C21H25N7O. The van der Waals surface area contributed by atoms with E-state index in [0.29, 0.717) is 13.1 Å². The second-order valence-electron chi connectivity index (χ2n) is 7.21. The van der Waals surface area contributed by atoms with E-state index in [1.165, 1.54) is 0 Å². The van der Waals surface area contributed by atoms with Crippen LogP contribution in [0, 0.1) is 0 Å². The molecule has 1 aromatic carbocycles. The maximum Gasteiger partial charge on any atom is 0.236 e. The highest BCUT2D eigenvalue weighted by Gasteiger charge is 2.21. The first-order valence-corrected chi connectivity index (χ1v) is 9.75. The largest absolute Gasteiger partial charge is 0.353 e. The number of likely N-dealkylation sites (N-methyl/N-ethyl adjacent to an activating group) is 1. The summed E-state index contributed by atoms with van der Waals surface area (Å²) in [4.78, 5) is 27.3. The molecular weight excluding hydrogens is 366 g/mol. The van der Waals surface area contributed by atoms with Crippen LogP contribution in [0.2, 0.25) is 0 Å². The second kappa shape index (κ2) is 8.83. The molecule has 0 atom stereocenters. The second-order valence-corrected chi connectivity index (χ2v) is 7.21. The Morgan fingerprint density at radius 2 is 1.86 bits per heavy atom. The summed E-state index contributed by atoms with van der Waals surface area (Å²) in [6.45, 7) is 4.34. The number of carbonyl (C=O) groups excluding carboxylic acids is 1. The van der Waals surface area contributed by atoms with Gasteiger partial charge in [0.05, 0.1) is 24.6 Å². The molecule has 8 heteroatoms. The normalized spacial score (nSPS) is 14.7. The van der Waals surface area contributed by atoms with E-state index < -0.39 is 0 Å². The summed E-state index contributed by atoms with van der Waals surface area (Å²) in [5.41, 5.74) is 2.02. The molecule has 0 N–H and O–H groups in total. The number of piperazine rings is 1. The maximum atomic E-state index is 12.7. The zero-order chi connectivity index (χ0) is 20.1. The first kappa shape index (κ1) is 19.1. The first-order valence-electron chi connectivity index (χ1n) is 9.75. The van der Waals surface area contributed by atoms with Crippen LogP contribution in [-0.4, -0.2) is 75.2 Å². The topological polar surface area (TPSA) is 70.4 Å². The van der Waals surface area contributed by atoms with E-state index in [9.17, 15) is 4.79 Å². The molecule has 2 aromatic heterocycles. The molecule has 1 aliphatic rings. The van der Waals surface area contributed by atoms with Crippen molar-refractivity contribution >= 4 is 11.7 Å². The molecule has 0 spiro atoms. The number of anilines is 1. The molecule has 0 radical (unpaired) electrons. The maximum absolute atomic E-state index is 12.7. The van der Waals surface area contributed by atoms with E-state index in [0.717, 1.165) is 43.2 Å². The minimum Gasteiger partial charge on any atom is -0.353 e. The standard InChI is InChI=1S/C21H25N7O/c1-25(15-18-13-24-28(16-18)19-5-3-2-4-6-19)21(29)17-26-9-11-27(12-10-26)20-14-22-7-8-23-20/h2-8,13-14,16H,9-12,15,17H2,1H3. The highest BCUT2D eigenvalue weighted by atomic mass is 16.2. The number of benzene rings is 1. The molecule has 1 amide bonds. The predicted octanol–water partition coefficient (Wildman–Crippen LogP) is 1.44. The van der Waals surface area contributed by atoms with Gasteiger partial charge < -0.3 is 9.80 Å². The molecule has 150 valence electrons. The van der Waals surface area contributed by atoms with E-state index in [1.54, 1.807) is 23.5 Å². The van der Waals surface area contributed by atoms with Gasteiger partial charge >= 0.3 is 0 Å². The Kier molecular flexibility index (Phi) is 5.81. The molecule has 3 heterocycles. The van der Waals surface area contributed by atoms with Crippen LogP contribution in [0.3, 0.4) is 0 Å². The fourth-order valence-corrected chi connectivity index (χ4v) is 3.43. The highest BCUT2D eigenvalue weighted by molar-refractivity contribution is 5.78. The van der Waals surface area contributed by atoms with Gasteiger partial charge in [-0.2, -0.15) is 5.10 Å². The Bertz CT molecular complexity index is 920. The van der Waals surface area contributed by atoms with Crippen molar-refractivity contribution in [2.24, 2.45) is 0 Å². The number of carbonyl (C=O) groups is 1. The molecule has 1 fully saturated rings. The molecule has 1 saturated heterocycles. The third-order valence-corrected chi connectivity index (χ3v) is 5.11. The van der Waals surface area contributed by atoms with Gasteiger partial charge in [0.1, 0.15) is 5.82 Å². The Morgan fingerprint density at radius 1 is 1.07 bits per heavy atom. The van der Waals surface area contributed by atoms with E-state index in [2.05, 4.69) is 24.9 Å². The summed E-state index contributed by atoms with van der Waals surface area (Å²) >= 11 is 0. The van der Waals surface area contributed by atoms with Crippen LogP contribution in [0.15, 0.2) is 61.3 Å². The van der Waals surface area contributed by atoms with Gasteiger partial charge in [-0.1, -0.05) is 18.2 Å². The first-order chi connectivity index (χ1) is 14.2. The van der Waals surface area contributed by atoms with Crippen LogP contribution in [0.25, 0.3) is 5.69 Å². The van der Waals surface area contributed by atoms with Crippen LogP contribution in [0.4, 0.5) is 5.82 Å². The highest BCUT2D eigenvalue weighted by Crippen LogP contribution is 2.12. The molecule has 29 heavy (non-hydrogen) atoms. The fraction of sp³-hybridized carbons (Fsp3) is 0.333. The lowest BCUT2D eigenvalue weighted by molar-refractivity contribution is -0.131. The summed E-state index contributed by atoms with van der Waals surface area (Å²) in [7, 11) is 1.85. The summed E-state index contributed by atoms with van der Waals surface area (Å²) in [5.74, 6) is 1.01. The van der Waals surface area contributed by atoms with Gasteiger partial charge in [0.2, 0.25) is 5.91 Å². The molecule has 0 aliphatic carbocycles. The lowest BCUT2D eigenvalue weighted by Gasteiger charge is -2.35. The van der Waals surface area contributed by atoms with Gasteiger partial charge in [0, 0.05) is 63.9 Å².